The van der Waals surface area contributed by atoms with Crippen LogP contribution in [0.2, 0.25) is 0 Å². The third-order valence-electron chi connectivity index (χ3n) is 2.17. The minimum atomic E-state index is -4.07. The highest BCUT2D eigenvalue weighted by atomic mass is 79.9. The number of rotatable bonds is 5. The monoisotopic (exact) mass is 341 g/mol. The summed E-state index contributed by atoms with van der Waals surface area (Å²) in [6.45, 7) is 0.229. The maximum Gasteiger partial charge on any atom is 0.243 e. The van der Waals surface area contributed by atoms with E-state index >= 15 is 0 Å². The molecule has 102 valence electrons. The molecule has 0 radical (unpaired) electrons. The van der Waals surface area contributed by atoms with Gasteiger partial charge in [0.15, 0.2) is 0 Å². The minimum absolute atomic E-state index is 0.415. The van der Waals surface area contributed by atoms with Gasteiger partial charge in [0, 0.05) is 11.0 Å². The van der Waals surface area contributed by atoms with E-state index in [9.17, 15) is 17.9 Å². The number of aliphatic hydroxyl groups excluding tert-OH is 1. The lowest BCUT2D eigenvalue weighted by atomic mass is 10.1. The zero-order valence-electron chi connectivity index (χ0n) is 9.52. The molecule has 0 spiro atoms. The standard InChI is InChI=1S/C10H13BrFNO4S/c1-10(15,6-14)5-13-18(16,17)9-3-2-7(11)4-8(9)12/h2-4,13-15H,5-6H2,1H3. The SMILES string of the molecule is CC(O)(CO)CNS(=O)(=O)c1ccc(Br)cc1F. The Balaban J connectivity index is 2.94. The fourth-order valence-electron chi connectivity index (χ4n) is 1.08. The van der Waals surface area contributed by atoms with E-state index in [0.29, 0.717) is 4.47 Å². The lowest BCUT2D eigenvalue weighted by Crippen LogP contribution is -2.43. The van der Waals surface area contributed by atoms with Crippen LogP contribution in [-0.2, 0) is 10.0 Å². The van der Waals surface area contributed by atoms with Crippen LogP contribution in [0.1, 0.15) is 6.92 Å². The molecule has 0 saturated carbocycles. The van der Waals surface area contributed by atoms with Gasteiger partial charge in [-0.15, -0.1) is 0 Å². The van der Waals surface area contributed by atoms with Gasteiger partial charge in [-0.2, -0.15) is 0 Å². The summed E-state index contributed by atoms with van der Waals surface area (Å²) < 4.78 is 39.5. The molecular formula is C10H13BrFNO4S. The molecule has 1 atom stereocenters. The van der Waals surface area contributed by atoms with Crippen LogP contribution in [0.25, 0.3) is 0 Å². The number of sulfonamides is 1. The van der Waals surface area contributed by atoms with E-state index in [1.165, 1.54) is 13.0 Å². The van der Waals surface area contributed by atoms with Gasteiger partial charge in [0.1, 0.15) is 10.7 Å². The van der Waals surface area contributed by atoms with Crippen LogP contribution in [0.15, 0.2) is 27.6 Å². The maximum absolute atomic E-state index is 13.5. The van der Waals surface area contributed by atoms with Gasteiger partial charge < -0.3 is 10.2 Å². The molecule has 0 saturated heterocycles. The number of nitrogens with one attached hydrogen (secondary N) is 1. The zero-order chi connectivity index (χ0) is 14.0. The molecule has 0 fully saturated rings. The molecule has 0 aliphatic carbocycles. The summed E-state index contributed by atoms with van der Waals surface area (Å²) in [4.78, 5) is -0.514. The van der Waals surface area contributed by atoms with E-state index in [1.807, 2.05) is 4.72 Å². The van der Waals surface area contributed by atoms with Crippen LogP contribution >= 0.6 is 15.9 Å². The van der Waals surface area contributed by atoms with Crippen LogP contribution < -0.4 is 4.72 Å². The summed E-state index contributed by atoms with van der Waals surface area (Å²) >= 11 is 3.02. The Hall–Kier alpha value is -0.540. The number of hydrogen-bond donors (Lipinski definition) is 3. The van der Waals surface area contributed by atoms with Crippen molar-refractivity contribution in [1.29, 1.82) is 0 Å². The molecule has 1 rings (SSSR count). The van der Waals surface area contributed by atoms with E-state index in [0.717, 1.165) is 12.1 Å². The Kier molecular flexibility index (Phi) is 4.84. The first-order valence-corrected chi connectivity index (χ1v) is 7.23. The van der Waals surface area contributed by atoms with Crippen molar-refractivity contribution in [3.63, 3.8) is 0 Å². The molecule has 1 aromatic rings. The van der Waals surface area contributed by atoms with Crippen molar-refractivity contribution in [2.45, 2.75) is 17.4 Å². The Morgan fingerprint density at radius 2 is 2.11 bits per heavy atom. The molecule has 0 aliphatic heterocycles. The van der Waals surface area contributed by atoms with Crippen molar-refractivity contribution >= 4 is 26.0 Å². The quantitative estimate of drug-likeness (QED) is 0.732. The number of aliphatic hydroxyl groups is 2. The fourth-order valence-corrected chi connectivity index (χ4v) is 2.63. The molecule has 0 bridgehead atoms. The predicted octanol–water partition coefficient (Wildman–Crippen LogP) is 0.610. The van der Waals surface area contributed by atoms with Crippen molar-refractivity contribution in [2.24, 2.45) is 0 Å². The van der Waals surface area contributed by atoms with Crippen molar-refractivity contribution in [2.75, 3.05) is 13.2 Å². The van der Waals surface area contributed by atoms with Gasteiger partial charge in [-0.3, -0.25) is 0 Å². The highest BCUT2D eigenvalue weighted by Crippen LogP contribution is 2.19. The number of benzene rings is 1. The van der Waals surface area contributed by atoms with Crippen molar-refractivity contribution < 1.29 is 23.0 Å². The van der Waals surface area contributed by atoms with E-state index in [4.69, 9.17) is 5.11 Å². The van der Waals surface area contributed by atoms with Gasteiger partial charge in [0.2, 0.25) is 10.0 Å². The van der Waals surface area contributed by atoms with Crippen molar-refractivity contribution in [3.05, 3.63) is 28.5 Å². The van der Waals surface area contributed by atoms with Crippen molar-refractivity contribution in [1.82, 2.24) is 4.72 Å². The molecule has 18 heavy (non-hydrogen) atoms. The van der Waals surface area contributed by atoms with Gasteiger partial charge >= 0.3 is 0 Å². The van der Waals surface area contributed by atoms with Gasteiger partial charge in [-0.1, -0.05) is 15.9 Å². The number of hydrogen-bond acceptors (Lipinski definition) is 4. The summed E-state index contributed by atoms with van der Waals surface area (Å²) in [5, 5.41) is 18.3. The smallest absolute Gasteiger partial charge is 0.243 e. The highest BCUT2D eigenvalue weighted by Gasteiger charge is 2.25. The molecule has 1 unspecified atom stereocenters. The Bertz CT molecular complexity index is 533. The molecule has 0 amide bonds. The highest BCUT2D eigenvalue weighted by molar-refractivity contribution is 9.10. The summed E-state index contributed by atoms with van der Waals surface area (Å²) in [5.74, 6) is -0.902. The summed E-state index contributed by atoms with van der Waals surface area (Å²) in [6.07, 6.45) is 0. The fraction of sp³-hybridized carbons (Fsp3) is 0.400. The van der Waals surface area contributed by atoms with Crippen LogP contribution in [0, 0.1) is 5.82 Å². The second kappa shape index (κ2) is 5.62. The van der Waals surface area contributed by atoms with Gasteiger partial charge in [-0.25, -0.2) is 17.5 Å². The van der Waals surface area contributed by atoms with Gasteiger partial charge in [0.25, 0.3) is 0 Å². The van der Waals surface area contributed by atoms with Crippen LogP contribution in [0.5, 0.6) is 0 Å². The first-order chi connectivity index (χ1) is 8.18. The van der Waals surface area contributed by atoms with Crippen LogP contribution in [-0.4, -0.2) is 37.4 Å². The van der Waals surface area contributed by atoms with Crippen LogP contribution in [0.3, 0.4) is 0 Å². The normalized spacial score (nSPS) is 15.4. The number of halogens is 2. The average molecular weight is 342 g/mol. The van der Waals surface area contributed by atoms with Crippen LogP contribution in [0.4, 0.5) is 4.39 Å². The maximum atomic E-state index is 13.5. The molecule has 0 heterocycles. The summed E-state index contributed by atoms with van der Waals surface area (Å²) in [6, 6.07) is 3.52. The van der Waals surface area contributed by atoms with Gasteiger partial charge in [-0.05, 0) is 25.1 Å². The molecule has 8 heteroatoms. The molecular weight excluding hydrogens is 329 g/mol. The molecule has 5 nitrogen and oxygen atoms in total. The second-order valence-corrected chi connectivity index (χ2v) is 6.71. The molecule has 1 aromatic carbocycles. The largest absolute Gasteiger partial charge is 0.393 e. The average Bonchev–Trinajstić information content (AvgIpc) is 2.26. The van der Waals surface area contributed by atoms with E-state index in [2.05, 4.69) is 15.9 Å². The second-order valence-electron chi connectivity index (χ2n) is 4.05. The third-order valence-corrected chi connectivity index (χ3v) is 4.09. The minimum Gasteiger partial charge on any atom is -0.393 e. The zero-order valence-corrected chi connectivity index (χ0v) is 11.9. The summed E-state index contributed by atoms with van der Waals surface area (Å²) in [5.41, 5.74) is -1.60. The van der Waals surface area contributed by atoms with Crippen molar-refractivity contribution in [3.8, 4) is 0 Å². The molecule has 0 aromatic heterocycles. The Morgan fingerprint density at radius 1 is 1.50 bits per heavy atom. The third kappa shape index (κ3) is 3.99. The first kappa shape index (κ1) is 15.5. The van der Waals surface area contributed by atoms with E-state index in [1.54, 1.807) is 0 Å². The molecule has 0 aliphatic rings. The Morgan fingerprint density at radius 3 is 2.61 bits per heavy atom. The summed E-state index contributed by atoms with van der Waals surface area (Å²) in [7, 11) is -4.07. The first-order valence-electron chi connectivity index (χ1n) is 4.96. The topological polar surface area (TPSA) is 86.6 Å². The van der Waals surface area contributed by atoms with E-state index < -0.39 is 39.5 Å². The predicted molar refractivity (Wildman–Crippen MR) is 67.0 cm³/mol. The Labute approximate surface area is 113 Å². The lowest BCUT2D eigenvalue weighted by molar-refractivity contribution is 0.00680. The molecule has 3 N–H and O–H groups in total. The lowest BCUT2D eigenvalue weighted by Gasteiger charge is -2.20. The van der Waals surface area contributed by atoms with E-state index in [-0.39, 0.29) is 0 Å². The van der Waals surface area contributed by atoms with Gasteiger partial charge in [0.05, 0.1) is 12.2 Å².